The maximum Gasteiger partial charge on any atom is 0.138 e. The lowest BCUT2D eigenvalue weighted by Gasteiger charge is -2.09. The zero-order valence-corrected chi connectivity index (χ0v) is 9.03. The number of furan rings is 1. The Kier molecular flexibility index (Phi) is 2.75. The number of aliphatic hydroxyl groups excluding tert-OH is 1. The highest BCUT2D eigenvalue weighted by molar-refractivity contribution is 5.81. The van der Waals surface area contributed by atoms with Gasteiger partial charge >= 0.3 is 0 Å². The molecule has 80 valence electrons. The minimum Gasteiger partial charge on any atom is -0.458 e. The lowest BCUT2D eigenvalue weighted by atomic mass is 10.1. The molecule has 0 fully saturated rings. The predicted molar refractivity (Wildman–Crippen MR) is 59.5 cm³/mol. The molecule has 0 spiro atoms. The van der Waals surface area contributed by atoms with Crippen molar-refractivity contribution in [2.24, 2.45) is 0 Å². The molecule has 2 aromatic rings. The van der Waals surface area contributed by atoms with Gasteiger partial charge in [0.2, 0.25) is 0 Å². The molecule has 0 atom stereocenters. The first kappa shape index (κ1) is 10.2. The topological polar surface area (TPSA) is 36.6 Å². The third-order valence-electron chi connectivity index (χ3n) is 2.32. The average Bonchev–Trinajstić information content (AvgIpc) is 2.61. The van der Waals surface area contributed by atoms with Crippen LogP contribution < -0.4 is 0 Å². The zero-order valence-electron chi connectivity index (χ0n) is 9.03. The number of hydrogen-bond donors (Lipinski definition) is 1. The van der Waals surface area contributed by atoms with Gasteiger partial charge in [0, 0.05) is 17.5 Å². The Bertz CT molecular complexity index is 460. The summed E-state index contributed by atoms with van der Waals surface area (Å²) in [7, 11) is 4.05. The van der Waals surface area contributed by atoms with Crippen LogP contribution in [0.5, 0.6) is 0 Å². The Balaban J connectivity index is 2.49. The van der Waals surface area contributed by atoms with Crippen molar-refractivity contribution in [2.75, 3.05) is 14.1 Å². The quantitative estimate of drug-likeness (QED) is 0.832. The van der Waals surface area contributed by atoms with Crippen LogP contribution in [0.25, 0.3) is 11.0 Å². The van der Waals surface area contributed by atoms with Crippen LogP contribution in [-0.4, -0.2) is 24.1 Å². The smallest absolute Gasteiger partial charge is 0.138 e. The van der Waals surface area contributed by atoms with Crippen molar-refractivity contribution in [3.05, 3.63) is 35.6 Å². The highest BCUT2D eigenvalue weighted by Gasteiger charge is 2.07. The van der Waals surface area contributed by atoms with Crippen molar-refractivity contribution in [3.63, 3.8) is 0 Å². The number of hydrogen-bond acceptors (Lipinski definition) is 3. The summed E-state index contributed by atoms with van der Waals surface area (Å²) in [6, 6.07) is 7.94. The third kappa shape index (κ3) is 2.03. The van der Waals surface area contributed by atoms with Gasteiger partial charge in [0.15, 0.2) is 0 Å². The SMILES string of the molecule is CN(C)Cc1cccc2cc(CO)oc12. The van der Waals surface area contributed by atoms with E-state index in [9.17, 15) is 0 Å². The first-order valence-corrected chi connectivity index (χ1v) is 4.96. The number of rotatable bonds is 3. The molecule has 15 heavy (non-hydrogen) atoms. The summed E-state index contributed by atoms with van der Waals surface area (Å²) in [5.41, 5.74) is 2.03. The van der Waals surface area contributed by atoms with Crippen molar-refractivity contribution in [2.45, 2.75) is 13.2 Å². The molecule has 0 aliphatic heterocycles. The second-order valence-electron chi connectivity index (χ2n) is 3.94. The zero-order chi connectivity index (χ0) is 10.8. The predicted octanol–water partition coefficient (Wildman–Crippen LogP) is 1.99. The maximum atomic E-state index is 9.01. The molecule has 3 nitrogen and oxygen atoms in total. The monoisotopic (exact) mass is 205 g/mol. The van der Waals surface area contributed by atoms with E-state index < -0.39 is 0 Å². The van der Waals surface area contributed by atoms with Crippen LogP contribution in [0.15, 0.2) is 28.7 Å². The van der Waals surface area contributed by atoms with Gasteiger partial charge in [-0.3, -0.25) is 0 Å². The van der Waals surface area contributed by atoms with Crippen LogP contribution in [0.4, 0.5) is 0 Å². The van der Waals surface area contributed by atoms with Gasteiger partial charge in [0.05, 0.1) is 0 Å². The number of benzene rings is 1. The van der Waals surface area contributed by atoms with Crippen LogP contribution in [0.1, 0.15) is 11.3 Å². The molecule has 0 unspecified atom stereocenters. The van der Waals surface area contributed by atoms with Gasteiger partial charge in [0.1, 0.15) is 18.0 Å². The lowest BCUT2D eigenvalue weighted by Crippen LogP contribution is -2.10. The van der Waals surface area contributed by atoms with Gasteiger partial charge in [-0.25, -0.2) is 0 Å². The fraction of sp³-hybridized carbons (Fsp3) is 0.333. The minimum absolute atomic E-state index is 0.0456. The van der Waals surface area contributed by atoms with Gasteiger partial charge < -0.3 is 14.4 Å². The van der Waals surface area contributed by atoms with Crippen LogP contribution in [0.2, 0.25) is 0 Å². The lowest BCUT2D eigenvalue weighted by molar-refractivity contribution is 0.250. The molecular formula is C12H15NO2. The van der Waals surface area contributed by atoms with E-state index in [2.05, 4.69) is 4.90 Å². The highest BCUT2D eigenvalue weighted by Crippen LogP contribution is 2.23. The molecule has 0 bridgehead atoms. The second kappa shape index (κ2) is 4.04. The largest absolute Gasteiger partial charge is 0.458 e. The molecule has 0 saturated heterocycles. The Hall–Kier alpha value is -1.32. The summed E-state index contributed by atoms with van der Waals surface area (Å²) >= 11 is 0. The van der Waals surface area contributed by atoms with E-state index in [1.54, 1.807) is 0 Å². The number of nitrogens with zero attached hydrogens (tertiary/aromatic N) is 1. The molecule has 0 saturated carbocycles. The third-order valence-corrected chi connectivity index (χ3v) is 2.32. The van der Waals surface area contributed by atoms with Crippen molar-refractivity contribution < 1.29 is 9.52 Å². The van der Waals surface area contributed by atoms with E-state index in [0.717, 1.165) is 23.1 Å². The summed E-state index contributed by atoms with van der Waals surface area (Å²) in [6.07, 6.45) is 0. The standard InChI is InChI=1S/C12H15NO2/c1-13(2)7-10-5-3-4-9-6-11(8-14)15-12(9)10/h3-6,14H,7-8H2,1-2H3. The van der Waals surface area contributed by atoms with Crippen molar-refractivity contribution in [1.82, 2.24) is 4.90 Å². The molecule has 0 radical (unpaired) electrons. The van der Waals surface area contributed by atoms with Crippen LogP contribution in [0.3, 0.4) is 0 Å². The molecular weight excluding hydrogens is 190 g/mol. The van der Waals surface area contributed by atoms with Gasteiger partial charge in [-0.2, -0.15) is 0 Å². The van der Waals surface area contributed by atoms with Crippen LogP contribution in [0, 0.1) is 0 Å². The highest BCUT2D eigenvalue weighted by atomic mass is 16.4. The molecule has 1 aromatic heterocycles. The Morgan fingerprint density at radius 1 is 1.33 bits per heavy atom. The van der Waals surface area contributed by atoms with E-state index in [1.165, 1.54) is 0 Å². The summed E-state index contributed by atoms with van der Waals surface area (Å²) in [6.45, 7) is 0.797. The van der Waals surface area contributed by atoms with E-state index in [1.807, 2.05) is 38.4 Å². The van der Waals surface area contributed by atoms with Crippen LogP contribution >= 0.6 is 0 Å². The molecule has 1 N–H and O–H groups in total. The number of aliphatic hydroxyl groups is 1. The summed E-state index contributed by atoms with van der Waals surface area (Å²) in [5, 5.41) is 10.1. The van der Waals surface area contributed by atoms with E-state index >= 15 is 0 Å². The fourth-order valence-corrected chi connectivity index (χ4v) is 1.72. The number of para-hydroxylation sites is 1. The van der Waals surface area contributed by atoms with Crippen LogP contribution in [-0.2, 0) is 13.2 Å². The van der Waals surface area contributed by atoms with Crippen molar-refractivity contribution >= 4 is 11.0 Å². The van der Waals surface area contributed by atoms with Crippen molar-refractivity contribution in [1.29, 1.82) is 0 Å². The van der Waals surface area contributed by atoms with Crippen molar-refractivity contribution in [3.8, 4) is 0 Å². The molecule has 0 aliphatic rings. The summed E-state index contributed by atoms with van der Waals surface area (Å²) in [5.74, 6) is 0.621. The van der Waals surface area contributed by atoms with Gasteiger partial charge in [-0.15, -0.1) is 0 Å². The number of fused-ring (bicyclic) bond motifs is 1. The minimum atomic E-state index is -0.0456. The fourth-order valence-electron chi connectivity index (χ4n) is 1.72. The average molecular weight is 205 g/mol. The molecule has 3 heteroatoms. The first-order chi connectivity index (χ1) is 7.20. The maximum absolute atomic E-state index is 9.01. The summed E-state index contributed by atoms with van der Waals surface area (Å²) in [4.78, 5) is 2.09. The molecule has 1 heterocycles. The Labute approximate surface area is 88.9 Å². The molecule has 1 aromatic carbocycles. The Morgan fingerprint density at radius 3 is 2.80 bits per heavy atom. The normalized spacial score (nSPS) is 11.5. The first-order valence-electron chi connectivity index (χ1n) is 4.96. The molecule has 0 amide bonds. The second-order valence-corrected chi connectivity index (χ2v) is 3.94. The van der Waals surface area contributed by atoms with Gasteiger partial charge in [-0.05, 0) is 20.2 Å². The van der Waals surface area contributed by atoms with Gasteiger partial charge in [-0.1, -0.05) is 18.2 Å². The Morgan fingerprint density at radius 2 is 2.13 bits per heavy atom. The molecule has 2 rings (SSSR count). The van der Waals surface area contributed by atoms with E-state index in [4.69, 9.17) is 9.52 Å². The van der Waals surface area contributed by atoms with E-state index in [-0.39, 0.29) is 6.61 Å². The van der Waals surface area contributed by atoms with Gasteiger partial charge in [0.25, 0.3) is 0 Å². The molecule has 0 aliphatic carbocycles. The van der Waals surface area contributed by atoms with E-state index in [0.29, 0.717) is 5.76 Å². The summed E-state index contributed by atoms with van der Waals surface area (Å²) < 4.78 is 5.57.